The van der Waals surface area contributed by atoms with Gasteiger partial charge in [-0.15, -0.1) is 0 Å². The molecule has 0 aliphatic rings. The van der Waals surface area contributed by atoms with Gasteiger partial charge in [-0.2, -0.15) is 0 Å². The van der Waals surface area contributed by atoms with Crippen molar-refractivity contribution in [3.63, 3.8) is 0 Å². The number of nitrogens with one attached hydrogen (secondary N) is 1. The molecule has 0 saturated heterocycles. The Morgan fingerprint density at radius 1 is 0.839 bits per heavy atom. The van der Waals surface area contributed by atoms with E-state index < -0.39 is 6.10 Å². The second-order valence-corrected chi connectivity index (χ2v) is 7.92. The van der Waals surface area contributed by atoms with Crippen LogP contribution in [0.3, 0.4) is 0 Å². The molecule has 6 nitrogen and oxygen atoms in total. The summed E-state index contributed by atoms with van der Waals surface area (Å²) in [5.41, 5.74) is 2.36. The van der Waals surface area contributed by atoms with Gasteiger partial charge in [0.25, 0.3) is 0 Å². The number of aliphatic hydroxyl groups excluding tert-OH is 2. The summed E-state index contributed by atoms with van der Waals surface area (Å²) in [6.07, 6.45) is 6.88. The van der Waals surface area contributed by atoms with E-state index in [1.165, 1.54) is 11.6 Å². The highest BCUT2D eigenvalue weighted by Gasteiger charge is 2.09. The first-order chi connectivity index (χ1) is 15.1. The predicted octanol–water partition coefficient (Wildman–Crippen LogP) is 3.81. The third-order valence-corrected chi connectivity index (χ3v) is 5.33. The molecular weight excluding hydrogens is 394 g/mol. The van der Waals surface area contributed by atoms with E-state index in [1.807, 2.05) is 12.1 Å². The molecule has 172 valence electrons. The SMILES string of the molecule is OCc1cc(C(O)CNCCCCCCOCCCCc2ccc(O)cc2)ccc1O. The fourth-order valence-corrected chi connectivity index (χ4v) is 3.40. The summed E-state index contributed by atoms with van der Waals surface area (Å²) in [4.78, 5) is 0. The first-order valence-corrected chi connectivity index (χ1v) is 11.3. The zero-order chi connectivity index (χ0) is 22.3. The fourth-order valence-electron chi connectivity index (χ4n) is 3.40. The highest BCUT2D eigenvalue weighted by molar-refractivity contribution is 5.36. The van der Waals surface area contributed by atoms with Gasteiger partial charge in [0.05, 0.1) is 12.7 Å². The number of hydrogen-bond acceptors (Lipinski definition) is 6. The Kier molecular flexibility index (Phi) is 12.0. The van der Waals surface area contributed by atoms with Gasteiger partial charge < -0.3 is 30.5 Å². The first-order valence-electron chi connectivity index (χ1n) is 11.3. The van der Waals surface area contributed by atoms with Crippen LogP contribution in [0.25, 0.3) is 0 Å². The molecule has 0 aromatic heterocycles. The standard InChI is InChI=1S/C25H37NO5/c27-19-22-17-21(10-13-24(22)29)25(30)18-26-14-4-1-2-5-15-31-16-6-3-7-20-8-11-23(28)12-9-20/h8-13,17,25-30H,1-7,14-16,18-19H2. The lowest BCUT2D eigenvalue weighted by atomic mass is 10.1. The minimum atomic E-state index is -0.659. The van der Waals surface area contributed by atoms with Crippen LogP contribution in [-0.2, 0) is 17.8 Å². The molecule has 0 fully saturated rings. The molecule has 6 heteroatoms. The molecule has 1 unspecified atom stereocenters. The molecule has 0 aliphatic carbocycles. The van der Waals surface area contributed by atoms with Crippen LogP contribution in [0.4, 0.5) is 0 Å². The summed E-state index contributed by atoms with van der Waals surface area (Å²) >= 11 is 0. The molecule has 0 spiro atoms. The van der Waals surface area contributed by atoms with Gasteiger partial charge in [0.2, 0.25) is 0 Å². The van der Waals surface area contributed by atoms with Crippen molar-refractivity contribution in [2.75, 3.05) is 26.3 Å². The molecule has 0 heterocycles. The lowest BCUT2D eigenvalue weighted by Gasteiger charge is -2.14. The maximum absolute atomic E-state index is 10.2. The number of ether oxygens (including phenoxy) is 1. The van der Waals surface area contributed by atoms with Gasteiger partial charge in [-0.1, -0.05) is 31.0 Å². The summed E-state index contributed by atoms with van der Waals surface area (Å²) < 4.78 is 5.70. The van der Waals surface area contributed by atoms with E-state index >= 15 is 0 Å². The molecule has 0 radical (unpaired) electrons. The third kappa shape index (κ3) is 10.2. The topological polar surface area (TPSA) is 102 Å². The summed E-state index contributed by atoms with van der Waals surface area (Å²) in [6, 6.07) is 12.2. The summed E-state index contributed by atoms with van der Waals surface area (Å²) in [6.45, 7) is 2.65. The Hall–Kier alpha value is -2.12. The smallest absolute Gasteiger partial charge is 0.121 e. The van der Waals surface area contributed by atoms with E-state index in [2.05, 4.69) is 5.32 Å². The maximum Gasteiger partial charge on any atom is 0.121 e. The summed E-state index contributed by atoms with van der Waals surface area (Å²) in [7, 11) is 0. The Balaban J connectivity index is 1.39. The van der Waals surface area contributed by atoms with Crippen LogP contribution in [0.2, 0.25) is 0 Å². The minimum Gasteiger partial charge on any atom is -0.508 e. The molecule has 0 amide bonds. The number of benzene rings is 2. The number of phenolic OH excluding ortho intramolecular Hbond substituents is 1. The lowest BCUT2D eigenvalue weighted by molar-refractivity contribution is 0.126. The van der Waals surface area contributed by atoms with Crippen molar-refractivity contribution in [2.24, 2.45) is 0 Å². The fraction of sp³-hybridized carbons (Fsp3) is 0.520. The van der Waals surface area contributed by atoms with Crippen molar-refractivity contribution >= 4 is 0 Å². The molecule has 0 aliphatic heterocycles. The minimum absolute atomic E-state index is 0.0458. The summed E-state index contributed by atoms with van der Waals surface area (Å²) in [5, 5.41) is 41.5. The monoisotopic (exact) mass is 431 g/mol. The van der Waals surface area contributed by atoms with E-state index in [0.717, 1.165) is 64.7 Å². The quantitative estimate of drug-likeness (QED) is 0.259. The van der Waals surface area contributed by atoms with Crippen LogP contribution >= 0.6 is 0 Å². The van der Waals surface area contributed by atoms with Gasteiger partial charge in [-0.05, 0) is 74.0 Å². The van der Waals surface area contributed by atoms with Crippen LogP contribution in [0.15, 0.2) is 42.5 Å². The normalized spacial score (nSPS) is 12.2. The number of aryl methyl sites for hydroxylation is 1. The molecule has 31 heavy (non-hydrogen) atoms. The first kappa shape index (κ1) is 25.1. The van der Waals surface area contributed by atoms with Crippen molar-refractivity contribution in [3.05, 3.63) is 59.2 Å². The molecule has 5 N–H and O–H groups in total. The van der Waals surface area contributed by atoms with E-state index in [4.69, 9.17) is 4.74 Å². The molecule has 2 aromatic carbocycles. The van der Waals surface area contributed by atoms with Crippen LogP contribution in [0.5, 0.6) is 11.5 Å². The highest BCUT2D eigenvalue weighted by atomic mass is 16.5. The van der Waals surface area contributed by atoms with E-state index in [1.54, 1.807) is 24.3 Å². The second kappa shape index (κ2) is 14.8. The van der Waals surface area contributed by atoms with Gasteiger partial charge in [0, 0.05) is 25.3 Å². The zero-order valence-electron chi connectivity index (χ0n) is 18.3. The van der Waals surface area contributed by atoms with E-state index in [-0.39, 0.29) is 12.4 Å². The Morgan fingerprint density at radius 2 is 1.55 bits per heavy atom. The highest BCUT2D eigenvalue weighted by Crippen LogP contribution is 2.22. The van der Waals surface area contributed by atoms with Crippen molar-refractivity contribution in [1.29, 1.82) is 0 Å². The third-order valence-electron chi connectivity index (χ3n) is 5.33. The van der Waals surface area contributed by atoms with E-state index in [0.29, 0.717) is 23.4 Å². The van der Waals surface area contributed by atoms with Gasteiger partial charge in [-0.25, -0.2) is 0 Å². The average Bonchev–Trinajstić information content (AvgIpc) is 2.78. The van der Waals surface area contributed by atoms with Crippen LogP contribution in [-0.4, -0.2) is 46.7 Å². The summed E-state index contributed by atoms with van der Waals surface area (Å²) in [5.74, 6) is 0.358. The molecule has 1 atom stereocenters. The molecule has 2 rings (SSSR count). The largest absolute Gasteiger partial charge is 0.508 e. The van der Waals surface area contributed by atoms with Gasteiger partial charge in [0.1, 0.15) is 11.5 Å². The average molecular weight is 432 g/mol. The molecule has 0 bridgehead atoms. The molecular formula is C25H37NO5. The number of aliphatic hydroxyl groups is 2. The van der Waals surface area contributed by atoms with Crippen LogP contribution in [0, 0.1) is 0 Å². The number of phenols is 2. The van der Waals surface area contributed by atoms with E-state index in [9.17, 15) is 20.4 Å². The molecule has 0 saturated carbocycles. The second-order valence-electron chi connectivity index (χ2n) is 7.92. The van der Waals surface area contributed by atoms with Crippen LogP contribution < -0.4 is 5.32 Å². The number of hydrogen-bond donors (Lipinski definition) is 5. The van der Waals surface area contributed by atoms with Gasteiger partial charge in [0.15, 0.2) is 0 Å². The number of rotatable bonds is 16. The number of aromatic hydroxyl groups is 2. The Labute approximate surface area is 185 Å². The van der Waals surface area contributed by atoms with Crippen molar-refractivity contribution in [2.45, 2.75) is 57.7 Å². The van der Waals surface area contributed by atoms with Crippen molar-refractivity contribution in [3.8, 4) is 11.5 Å². The van der Waals surface area contributed by atoms with Gasteiger partial charge >= 0.3 is 0 Å². The Bertz CT molecular complexity index is 735. The number of unbranched alkanes of at least 4 members (excludes halogenated alkanes) is 4. The van der Waals surface area contributed by atoms with Crippen molar-refractivity contribution in [1.82, 2.24) is 5.32 Å². The van der Waals surface area contributed by atoms with Crippen LogP contribution in [0.1, 0.15) is 61.3 Å². The molecule has 2 aromatic rings. The maximum atomic E-state index is 10.2. The van der Waals surface area contributed by atoms with Gasteiger partial charge in [-0.3, -0.25) is 0 Å². The zero-order valence-corrected chi connectivity index (χ0v) is 18.3. The predicted molar refractivity (Wildman–Crippen MR) is 122 cm³/mol. The lowest BCUT2D eigenvalue weighted by Crippen LogP contribution is -2.22. The van der Waals surface area contributed by atoms with Crippen molar-refractivity contribution < 1.29 is 25.2 Å². The Morgan fingerprint density at radius 3 is 2.29 bits per heavy atom.